The van der Waals surface area contributed by atoms with E-state index in [1.54, 1.807) is 6.20 Å². The molecule has 74 valence electrons. The normalized spacial score (nSPS) is 13.7. The molecule has 0 fully saturated rings. The van der Waals surface area contributed by atoms with Gasteiger partial charge in [0.25, 0.3) is 0 Å². The number of nitrogens with two attached hydrogens (primary N) is 1. The third kappa shape index (κ3) is 1.48. The highest BCUT2D eigenvalue weighted by atomic mass is 15.0. The largest absolute Gasteiger partial charge is 0.339 e. The van der Waals surface area contributed by atoms with Crippen molar-refractivity contribution >= 4 is 11.2 Å². The van der Waals surface area contributed by atoms with E-state index >= 15 is 0 Å². The summed E-state index contributed by atoms with van der Waals surface area (Å²) in [6.07, 6.45) is 1.73. The Hall–Kier alpha value is -1.42. The number of H-pyrrole nitrogens is 1. The Morgan fingerprint density at radius 1 is 1.43 bits per heavy atom. The van der Waals surface area contributed by atoms with E-state index in [9.17, 15) is 0 Å². The Kier molecular flexibility index (Phi) is 2.21. The summed E-state index contributed by atoms with van der Waals surface area (Å²) in [5, 5.41) is 0. The molecule has 4 heteroatoms. The minimum Gasteiger partial charge on any atom is -0.339 e. The molecule has 0 aliphatic rings. The first kappa shape index (κ1) is 9.15. The molecule has 0 saturated heterocycles. The molecule has 0 aromatic carbocycles. The van der Waals surface area contributed by atoms with Gasteiger partial charge in [-0.15, -0.1) is 0 Å². The van der Waals surface area contributed by atoms with Crippen LogP contribution in [0.5, 0.6) is 0 Å². The summed E-state index contributed by atoms with van der Waals surface area (Å²) in [5.74, 6) is 1.18. The summed E-state index contributed by atoms with van der Waals surface area (Å²) in [4.78, 5) is 11.7. The summed E-state index contributed by atoms with van der Waals surface area (Å²) in [6, 6.07) is 3.78. The highest BCUT2D eigenvalue weighted by Crippen LogP contribution is 2.18. The van der Waals surface area contributed by atoms with E-state index in [0.717, 1.165) is 17.0 Å². The van der Waals surface area contributed by atoms with Crippen molar-refractivity contribution in [2.75, 3.05) is 0 Å². The predicted octanol–water partition coefficient (Wildman–Crippen LogP) is 1.61. The van der Waals surface area contributed by atoms with Crippen LogP contribution in [0.3, 0.4) is 0 Å². The molecule has 1 atom stereocenters. The Morgan fingerprint density at radius 2 is 2.21 bits per heavy atom. The average molecular weight is 190 g/mol. The fourth-order valence-electron chi connectivity index (χ4n) is 1.34. The summed E-state index contributed by atoms with van der Waals surface area (Å²) in [6.45, 7) is 4.15. The maximum Gasteiger partial charge on any atom is 0.177 e. The third-order valence-corrected chi connectivity index (χ3v) is 2.31. The summed E-state index contributed by atoms with van der Waals surface area (Å²) >= 11 is 0. The number of rotatable bonds is 2. The number of hydrogen-bond donors (Lipinski definition) is 2. The monoisotopic (exact) mass is 190 g/mol. The number of aromatic nitrogens is 3. The zero-order chi connectivity index (χ0) is 10.1. The number of hydrogen-bond acceptors (Lipinski definition) is 3. The lowest BCUT2D eigenvalue weighted by atomic mass is 10.1. The molecule has 0 spiro atoms. The molecule has 1 unspecified atom stereocenters. The molecule has 0 amide bonds. The molecule has 2 aromatic heterocycles. The Bertz CT molecular complexity index is 399. The lowest BCUT2D eigenvalue weighted by Crippen LogP contribution is -2.18. The van der Waals surface area contributed by atoms with E-state index in [-0.39, 0.29) is 6.04 Å². The number of pyridine rings is 1. The van der Waals surface area contributed by atoms with Gasteiger partial charge in [-0.2, -0.15) is 0 Å². The van der Waals surface area contributed by atoms with Gasteiger partial charge in [0.2, 0.25) is 0 Å². The van der Waals surface area contributed by atoms with Crippen molar-refractivity contribution < 1.29 is 0 Å². The minimum atomic E-state index is -0.0517. The van der Waals surface area contributed by atoms with Crippen molar-refractivity contribution in [1.29, 1.82) is 0 Å². The van der Waals surface area contributed by atoms with Gasteiger partial charge in [-0.3, -0.25) is 0 Å². The number of aromatic amines is 1. The third-order valence-electron chi connectivity index (χ3n) is 2.31. The topological polar surface area (TPSA) is 67.6 Å². The van der Waals surface area contributed by atoms with E-state index < -0.39 is 0 Å². The highest BCUT2D eigenvalue weighted by Gasteiger charge is 2.14. The first-order valence-electron chi connectivity index (χ1n) is 4.74. The van der Waals surface area contributed by atoms with Crippen LogP contribution in [-0.2, 0) is 0 Å². The predicted molar refractivity (Wildman–Crippen MR) is 55.7 cm³/mol. The molecule has 0 saturated carbocycles. The van der Waals surface area contributed by atoms with E-state index in [1.807, 2.05) is 12.1 Å². The average Bonchev–Trinajstić information content (AvgIpc) is 2.59. The molecule has 0 aliphatic carbocycles. The first-order chi connectivity index (χ1) is 6.68. The highest BCUT2D eigenvalue weighted by molar-refractivity contribution is 5.69. The fraction of sp³-hybridized carbons (Fsp3) is 0.400. The second kappa shape index (κ2) is 3.38. The van der Waals surface area contributed by atoms with E-state index in [2.05, 4.69) is 28.8 Å². The van der Waals surface area contributed by atoms with Crippen molar-refractivity contribution in [3.63, 3.8) is 0 Å². The minimum absolute atomic E-state index is 0.0517. The second-order valence-corrected chi connectivity index (χ2v) is 3.77. The van der Waals surface area contributed by atoms with Crippen LogP contribution in [0.15, 0.2) is 18.3 Å². The van der Waals surface area contributed by atoms with E-state index in [1.165, 1.54) is 0 Å². The van der Waals surface area contributed by atoms with Crippen molar-refractivity contribution in [3.8, 4) is 0 Å². The first-order valence-corrected chi connectivity index (χ1v) is 4.74. The molecular formula is C10H14N4. The number of imidazole rings is 1. The summed E-state index contributed by atoms with van der Waals surface area (Å²) in [7, 11) is 0. The van der Waals surface area contributed by atoms with Gasteiger partial charge >= 0.3 is 0 Å². The molecule has 2 rings (SSSR count). The molecule has 4 nitrogen and oxygen atoms in total. The van der Waals surface area contributed by atoms with Crippen LogP contribution in [0.2, 0.25) is 0 Å². The zero-order valence-corrected chi connectivity index (χ0v) is 8.36. The van der Waals surface area contributed by atoms with Crippen LogP contribution in [0.4, 0.5) is 0 Å². The van der Waals surface area contributed by atoms with Gasteiger partial charge in [-0.1, -0.05) is 13.8 Å². The summed E-state index contributed by atoms with van der Waals surface area (Å²) < 4.78 is 0. The lowest BCUT2D eigenvalue weighted by molar-refractivity contribution is 0.495. The van der Waals surface area contributed by atoms with Crippen LogP contribution in [0.25, 0.3) is 11.2 Å². The van der Waals surface area contributed by atoms with Crippen molar-refractivity contribution in [2.45, 2.75) is 19.9 Å². The van der Waals surface area contributed by atoms with Gasteiger partial charge in [0.1, 0.15) is 5.82 Å². The van der Waals surface area contributed by atoms with Gasteiger partial charge in [-0.25, -0.2) is 9.97 Å². The zero-order valence-electron chi connectivity index (χ0n) is 8.36. The van der Waals surface area contributed by atoms with Crippen LogP contribution in [-0.4, -0.2) is 15.0 Å². The van der Waals surface area contributed by atoms with E-state index in [4.69, 9.17) is 5.73 Å². The quantitative estimate of drug-likeness (QED) is 0.756. The van der Waals surface area contributed by atoms with E-state index in [0.29, 0.717) is 5.92 Å². The summed E-state index contributed by atoms with van der Waals surface area (Å²) in [5.41, 5.74) is 7.66. The Morgan fingerprint density at radius 3 is 2.86 bits per heavy atom. The fourth-order valence-corrected chi connectivity index (χ4v) is 1.34. The Balaban J connectivity index is 2.45. The van der Waals surface area contributed by atoms with Crippen molar-refractivity contribution in [3.05, 3.63) is 24.2 Å². The second-order valence-electron chi connectivity index (χ2n) is 3.77. The van der Waals surface area contributed by atoms with Crippen LogP contribution < -0.4 is 5.73 Å². The smallest absolute Gasteiger partial charge is 0.177 e. The van der Waals surface area contributed by atoms with Crippen LogP contribution in [0.1, 0.15) is 25.7 Å². The molecule has 2 aromatic rings. The molecule has 0 aliphatic heterocycles. The van der Waals surface area contributed by atoms with Gasteiger partial charge < -0.3 is 10.7 Å². The number of nitrogens with one attached hydrogen (secondary N) is 1. The van der Waals surface area contributed by atoms with Crippen LogP contribution >= 0.6 is 0 Å². The standard InChI is InChI=1S/C10H14N4/c1-6(2)8(11)10-13-7-4-3-5-12-9(7)14-10/h3-6,8H,11H2,1-2H3,(H,12,13,14). The molecule has 0 bridgehead atoms. The van der Waals surface area contributed by atoms with Crippen molar-refractivity contribution in [1.82, 2.24) is 15.0 Å². The molecule has 14 heavy (non-hydrogen) atoms. The maximum absolute atomic E-state index is 5.98. The maximum atomic E-state index is 5.98. The number of fused-ring (bicyclic) bond motifs is 1. The van der Waals surface area contributed by atoms with Crippen LogP contribution in [0, 0.1) is 5.92 Å². The van der Waals surface area contributed by atoms with Gasteiger partial charge in [-0.05, 0) is 18.1 Å². The van der Waals surface area contributed by atoms with Gasteiger partial charge in [0.15, 0.2) is 5.65 Å². The van der Waals surface area contributed by atoms with Crippen molar-refractivity contribution in [2.24, 2.45) is 11.7 Å². The SMILES string of the molecule is CC(C)C(N)c1nc2ncccc2[nH]1. The molecule has 3 N–H and O–H groups in total. The van der Waals surface area contributed by atoms with Gasteiger partial charge in [0, 0.05) is 6.20 Å². The van der Waals surface area contributed by atoms with Gasteiger partial charge in [0.05, 0.1) is 11.6 Å². The number of nitrogens with zero attached hydrogens (tertiary/aromatic N) is 2. The molecule has 0 radical (unpaired) electrons. The lowest BCUT2D eigenvalue weighted by Gasteiger charge is -2.11. The molecule has 2 heterocycles. The Labute approximate surface area is 82.6 Å². The molecular weight excluding hydrogens is 176 g/mol.